The monoisotopic (exact) mass is 342 g/mol. The molecule has 140 valence electrons. The molecule has 0 heterocycles. The zero-order valence-corrected chi connectivity index (χ0v) is 15.3. The molecule has 2 N–H and O–H groups in total. The van der Waals surface area contributed by atoms with Gasteiger partial charge in [-0.25, -0.2) is 0 Å². The Kier molecular flexibility index (Phi) is 13.2. The Morgan fingerprint density at radius 3 is 1.79 bits per heavy atom. The molecule has 5 heteroatoms. The van der Waals surface area contributed by atoms with Crippen molar-refractivity contribution in [3.8, 4) is 0 Å². The Morgan fingerprint density at radius 2 is 1.33 bits per heavy atom. The third-order valence-electron chi connectivity index (χ3n) is 4.52. The fraction of sp³-hybridized carbons (Fsp3) is 0.842. The van der Waals surface area contributed by atoms with Gasteiger partial charge in [0.15, 0.2) is 0 Å². The second-order valence-electron chi connectivity index (χ2n) is 6.74. The zero-order valence-electron chi connectivity index (χ0n) is 15.3. The maximum absolute atomic E-state index is 12.6. The number of hydrogen-bond donors (Lipinski definition) is 2. The summed E-state index contributed by atoms with van der Waals surface area (Å²) in [4.78, 5) is 34.1. The summed E-state index contributed by atoms with van der Waals surface area (Å²) >= 11 is 0. The molecule has 0 saturated carbocycles. The number of ketones is 1. The number of aliphatic carboxylic acids is 2. The fourth-order valence-electron chi connectivity index (χ4n) is 3.13. The van der Waals surface area contributed by atoms with E-state index in [4.69, 9.17) is 10.2 Å². The van der Waals surface area contributed by atoms with Crippen molar-refractivity contribution in [2.24, 2.45) is 11.8 Å². The lowest BCUT2D eigenvalue weighted by atomic mass is 9.84. The van der Waals surface area contributed by atoms with Crippen LogP contribution in [0, 0.1) is 11.8 Å². The van der Waals surface area contributed by atoms with E-state index >= 15 is 0 Å². The average Bonchev–Trinajstić information content (AvgIpc) is 2.51. The van der Waals surface area contributed by atoms with Gasteiger partial charge in [-0.1, -0.05) is 58.8 Å². The first-order valence-electron chi connectivity index (χ1n) is 9.36. The lowest BCUT2D eigenvalue weighted by Crippen LogP contribution is -2.20. The molecular formula is C19H34O5. The molecule has 0 aromatic heterocycles. The van der Waals surface area contributed by atoms with Crippen LogP contribution in [-0.4, -0.2) is 27.9 Å². The predicted molar refractivity (Wildman–Crippen MR) is 94.0 cm³/mol. The van der Waals surface area contributed by atoms with Gasteiger partial charge in [-0.05, 0) is 18.8 Å². The number of hydrogen-bond acceptors (Lipinski definition) is 3. The molecule has 0 aliphatic heterocycles. The van der Waals surface area contributed by atoms with Crippen LogP contribution in [0.3, 0.4) is 0 Å². The van der Waals surface area contributed by atoms with Crippen molar-refractivity contribution in [2.75, 3.05) is 0 Å². The molecule has 0 aliphatic rings. The molecule has 1 atom stereocenters. The van der Waals surface area contributed by atoms with E-state index in [-0.39, 0.29) is 31.5 Å². The van der Waals surface area contributed by atoms with Crippen LogP contribution >= 0.6 is 0 Å². The molecule has 0 radical (unpaired) electrons. The van der Waals surface area contributed by atoms with E-state index in [2.05, 4.69) is 13.8 Å². The van der Waals surface area contributed by atoms with Crippen LogP contribution in [0.15, 0.2) is 0 Å². The van der Waals surface area contributed by atoms with E-state index in [1.165, 1.54) is 19.3 Å². The van der Waals surface area contributed by atoms with E-state index in [9.17, 15) is 14.4 Å². The highest BCUT2D eigenvalue weighted by Gasteiger charge is 2.23. The van der Waals surface area contributed by atoms with E-state index in [1.807, 2.05) is 0 Å². The van der Waals surface area contributed by atoms with E-state index in [1.54, 1.807) is 0 Å². The smallest absolute Gasteiger partial charge is 0.303 e. The maximum Gasteiger partial charge on any atom is 0.303 e. The van der Waals surface area contributed by atoms with Crippen LogP contribution in [-0.2, 0) is 14.4 Å². The molecule has 24 heavy (non-hydrogen) atoms. The van der Waals surface area contributed by atoms with Crippen molar-refractivity contribution in [3.63, 3.8) is 0 Å². The van der Waals surface area contributed by atoms with Crippen LogP contribution in [0.1, 0.15) is 90.9 Å². The maximum atomic E-state index is 12.6. The van der Waals surface area contributed by atoms with Crippen molar-refractivity contribution in [1.82, 2.24) is 0 Å². The summed E-state index contributed by atoms with van der Waals surface area (Å²) in [5.41, 5.74) is 0. The number of Topliss-reactive ketones (excluding diaryl/α,β-unsaturated/α-hetero) is 1. The Bertz CT molecular complexity index is 360. The summed E-state index contributed by atoms with van der Waals surface area (Å²) in [6, 6.07) is 0. The zero-order chi connectivity index (χ0) is 18.4. The SMILES string of the molecule is CCCCCCC(CCC)CC(=O)C(CCC(=O)O)CCC(=O)O. The quantitative estimate of drug-likeness (QED) is 0.397. The fourth-order valence-corrected chi connectivity index (χ4v) is 3.13. The van der Waals surface area contributed by atoms with Crippen LogP contribution in [0.25, 0.3) is 0 Å². The van der Waals surface area contributed by atoms with Gasteiger partial charge >= 0.3 is 11.9 Å². The highest BCUT2D eigenvalue weighted by Crippen LogP contribution is 2.25. The van der Waals surface area contributed by atoms with Gasteiger partial charge in [0.1, 0.15) is 5.78 Å². The number of carboxylic acid groups (broad SMARTS) is 2. The third kappa shape index (κ3) is 12.1. The van der Waals surface area contributed by atoms with Gasteiger partial charge < -0.3 is 10.2 Å². The number of unbranched alkanes of at least 4 members (excludes halogenated alkanes) is 3. The Labute approximate surface area is 145 Å². The summed E-state index contributed by atoms with van der Waals surface area (Å²) in [5, 5.41) is 17.7. The van der Waals surface area contributed by atoms with Gasteiger partial charge in [0.25, 0.3) is 0 Å². The minimum absolute atomic E-state index is 0.0476. The number of carboxylic acids is 2. The second kappa shape index (κ2) is 14.0. The summed E-state index contributed by atoms with van der Waals surface area (Å²) in [6.07, 6.45) is 8.57. The largest absolute Gasteiger partial charge is 0.481 e. The Morgan fingerprint density at radius 1 is 0.750 bits per heavy atom. The number of carbonyl (C=O) groups excluding carboxylic acids is 1. The van der Waals surface area contributed by atoms with Gasteiger partial charge in [-0.2, -0.15) is 0 Å². The number of carbonyl (C=O) groups is 3. The van der Waals surface area contributed by atoms with Gasteiger partial charge in [-0.15, -0.1) is 0 Å². The molecule has 1 unspecified atom stereocenters. The molecule has 0 amide bonds. The van der Waals surface area contributed by atoms with Gasteiger partial charge in [0.05, 0.1) is 0 Å². The molecule has 0 aromatic rings. The van der Waals surface area contributed by atoms with Crippen LogP contribution in [0.5, 0.6) is 0 Å². The first-order valence-corrected chi connectivity index (χ1v) is 9.36. The molecule has 0 bridgehead atoms. The molecule has 0 saturated heterocycles. The highest BCUT2D eigenvalue weighted by atomic mass is 16.4. The summed E-state index contributed by atoms with van der Waals surface area (Å²) in [7, 11) is 0. The Hall–Kier alpha value is -1.39. The normalized spacial score (nSPS) is 12.3. The lowest BCUT2D eigenvalue weighted by Gasteiger charge is -2.20. The van der Waals surface area contributed by atoms with Crippen LogP contribution in [0.4, 0.5) is 0 Å². The molecular weight excluding hydrogens is 308 g/mol. The van der Waals surface area contributed by atoms with E-state index < -0.39 is 17.9 Å². The summed E-state index contributed by atoms with van der Waals surface area (Å²) < 4.78 is 0. The van der Waals surface area contributed by atoms with Crippen molar-refractivity contribution in [1.29, 1.82) is 0 Å². The molecule has 0 spiro atoms. The standard InChI is InChI=1S/C19H34O5/c1-3-5-6-7-9-15(8-4-2)14-17(20)16(10-12-18(21)22)11-13-19(23)24/h15-16H,3-14H2,1-2H3,(H,21,22)(H,23,24). The van der Waals surface area contributed by atoms with Crippen molar-refractivity contribution in [2.45, 2.75) is 90.9 Å². The third-order valence-corrected chi connectivity index (χ3v) is 4.52. The molecule has 0 aromatic carbocycles. The average molecular weight is 342 g/mol. The van der Waals surface area contributed by atoms with Crippen LogP contribution in [0.2, 0.25) is 0 Å². The molecule has 0 rings (SSSR count). The molecule has 5 nitrogen and oxygen atoms in total. The van der Waals surface area contributed by atoms with E-state index in [0.29, 0.717) is 12.3 Å². The minimum Gasteiger partial charge on any atom is -0.481 e. The van der Waals surface area contributed by atoms with Crippen molar-refractivity contribution in [3.05, 3.63) is 0 Å². The van der Waals surface area contributed by atoms with Gasteiger partial charge in [-0.3, -0.25) is 14.4 Å². The van der Waals surface area contributed by atoms with E-state index in [0.717, 1.165) is 25.7 Å². The van der Waals surface area contributed by atoms with Gasteiger partial charge in [0, 0.05) is 25.2 Å². The summed E-state index contributed by atoms with van der Waals surface area (Å²) in [5.74, 6) is -1.92. The molecule has 0 fully saturated rings. The van der Waals surface area contributed by atoms with Crippen molar-refractivity contribution >= 4 is 17.7 Å². The minimum atomic E-state index is -0.937. The summed E-state index contributed by atoms with van der Waals surface area (Å²) in [6.45, 7) is 4.28. The highest BCUT2D eigenvalue weighted by molar-refractivity contribution is 5.82. The Balaban J connectivity index is 4.56. The first kappa shape index (κ1) is 22.6. The first-order chi connectivity index (χ1) is 11.4. The van der Waals surface area contributed by atoms with Crippen molar-refractivity contribution < 1.29 is 24.6 Å². The predicted octanol–water partition coefficient (Wildman–Crippen LogP) is 4.68. The number of rotatable bonds is 16. The van der Waals surface area contributed by atoms with Gasteiger partial charge in [0.2, 0.25) is 0 Å². The van der Waals surface area contributed by atoms with Crippen LogP contribution < -0.4 is 0 Å². The lowest BCUT2D eigenvalue weighted by molar-refractivity contribution is -0.137. The molecule has 0 aliphatic carbocycles. The topological polar surface area (TPSA) is 91.7 Å². The second-order valence-corrected chi connectivity index (χ2v) is 6.74.